The van der Waals surface area contributed by atoms with E-state index in [0.717, 1.165) is 22.7 Å². The Morgan fingerprint density at radius 2 is 2.21 bits per heavy atom. The zero-order valence-corrected chi connectivity index (χ0v) is 18.1. The number of nitrogens with two attached hydrogens (primary N) is 1. The van der Waals surface area contributed by atoms with E-state index in [-0.39, 0.29) is 30.5 Å². The minimum absolute atomic E-state index is 0.0978. The van der Waals surface area contributed by atoms with Crippen molar-refractivity contribution in [2.24, 2.45) is 5.73 Å². The van der Waals surface area contributed by atoms with Crippen LogP contribution in [0.25, 0.3) is 6.08 Å². The van der Waals surface area contributed by atoms with Gasteiger partial charge in [-0.3, -0.25) is 4.72 Å². The second-order valence-corrected chi connectivity index (χ2v) is 8.66. The molecule has 0 aliphatic rings. The quantitative estimate of drug-likeness (QED) is 0.496. The van der Waals surface area contributed by atoms with Crippen LogP contribution in [0.3, 0.4) is 0 Å². The summed E-state index contributed by atoms with van der Waals surface area (Å²) in [6, 6.07) is 5.31. The molecule has 4 N–H and O–H groups in total. The average Bonchev–Trinajstić information content (AvgIpc) is 3.08. The normalized spacial score (nSPS) is 11.6. The number of carbonyl (C=O) groups is 1. The maximum absolute atomic E-state index is 12.2. The van der Waals surface area contributed by atoms with Gasteiger partial charge >= 0.3 is 6.09 Å². The number of nitrogens with zero attached hydrogens (tertiary/aromatic N) is 2. The molecule has 0 unspecified atom stereocenters. The first-order chi connectivity index (χ1) is 13.8. The number of rotatable bonds is 10. The predicted octanol–water partition coefficient (Wildman–Crippen LogP) is 2.39. The molecule has 1 aromatic carbocycles. The van der Waals surface area contributed by atoms with Crippen molar-refractivity contribution in [2.75, 3.05) is 23.6 Å². The molecule has 2 rings (SSSR count). The maximum atomic E-state index is 12.2. The lowest BCUT2D eigenvalue weighted by Crippen LogP contribution is -2.24. The van der Waals surface area contributed by atoms with Gasteiger partial charge in [0.15, 0.2) is 0 Å². The molecular weight excluding hydrogens is 438 g/mol. The van der Waals surface area contributed by atoms with E-state index in [1.165, 1.54) is 6.08 Å². The Morgan fingerprint density at radius 3 is 2.93 bits per heavy atom. The number of carbonyl (C=O) groups excluding carboxylic acids is 1. The van der Waals surface area contributed by atoms with Crippen molar-refractivity contribution >= 4 is 50.5 Å². The molecule has 1 aromatic heterocycles. The lowest BCUT2D eigenvalue weighted by Gasteiger charge is -2.05. The smallest absolute Gasteiger partial charge is 0.407 e. The molecule has 12 heteroatoms. The standard InChI is InChI=1S/C17H22ClN5O4S2/c1-2-20-17(24)27-9-8-15-21-16(28-22-15)23-29(25,26)10-4-6-12-5-3-7-14(18)13(12)11-19/h3-7H,2,8-11,19H2,1H3,(H,20,24)(H,21,22,23). The molecular formula is C17H22ClN5O4S2. The zero-order chi connectivity index (χ0) is 21.3. The summed E-state index contributed by atoms with van der Waals surface area (Å²) in [5.74, 6) is 0.137. The topological polar surface area (TPSA) is 136 Å². The number of alkyl carbamates (subject to hydrolysis) is 1. The van der Waals surface area contributed by atoms with E-state index in [2.05, 4.69) is 19.4 Å². The summed E-state index contributed by atoms with van der Waals surface area (Å²) in [7, 11) is -3.65. The van der Waals surface area contributed by atoms with E-state index in [9.17, 15) is 13.2 Å². The lowest BCUT2D eigenvalue weighted by molar-refractivity contribution is 0.147. The van der Waals surface area contributed by atoms with E-state index < -0.39 is 16.1 Å². The van der Waals surface area contributed by atoms with Crippen LogP contribution in [0, 0.1) is 0 Å². The summed E-state index contributed by atoms with van der Waals surface area (Å²) >= 11 is 7.01. The SMILES string of the molecule is CCNC(=O)OCCc1nsc(NS(=O)(=O)CC=Cc2cccc(Cl)c2CN)n1. The highest BCUT2D eigenvalue weighted by Gasteiger charge is 2.13. The molecule has 1 heterocycles. The van der Waals surface area contributed by atoms with Gasteiger partial charge in [-0.1, -0.05) is 35.9 Å². The molecule has 9 nitrogen and oxygen atoms in total. The third-order valence-corrected chi connectivity index (χ3v) is 5.85. The fourth-order valence-corrected chi connectivity index (χ4v) is 4.25. The molecule has 158 valence electrons. The Balaban J connectivity index is 1.89. The highest BCUT2D eigenvalue weighted by atomic mass is 35.5. The third-order valence-electron chi connectivity index (χ3n) is 3.56. The second kappa shape index (κ2) is 11.1. The summed E-state index contributed by atoms with van der Waals surface area (Å²) in [4.78, 5) is 15.3. The maximum Gasteiger partial charge on any atom is 0.407 e. The number of aromatic nitrogens is 2. The van der Waals surface area contributed by atoms with Gasteiger partial charge in [0.1, 0.15) is 12.4 Å². The number of amides is 1. The van der Waals surface area contributed by atoms with Gasteiger partial charge in [0.05, 0.1) is 5.75 Å². The first kappa shape index (κ1) is 23.1. The van der Waals surface area contributed by atoms with Crippen molar-refractivity contribution in [2.45, 2.75) is 19.9 Å². The van der Waals surface area contributed by atoms with E-state index in [1.54, 1.807) is 25.1 Å². The first-order valence-electron chi connectivity index (χ1n) is 8.72. The van der Waals surface area contributed by atoms with E-state index in [0.29, 0.717) is 17.4 Å². The van der Waals surface area contributed by atoms with Crippen molar-refractivity contribution < 1.29 is 17.9 Å². The van der Waals surface area contributed by atoms with E-state index in [1.807, 2.05) is 6.07 Å². The van der Waals surface area contributed by atoms with Crippen LogP contribution in [0.1, 0.15) is 23.9 Å². The number of nitrogens with one attached hydrogen (secondary N) is 2. The number of anilines is 1. The summed E-state index contributed by atoms with van der Waals surface area (Å²) in [5, 5.41) is 3.18. The van der Waals surface area contributed by atoms with Gasteiger partial charge in [-0.15, -0.1) is 0 Å². The van der Waals surface area contributed by atoms with Crippen molar-refractivity contribution in [1.29, 1.82) is 0 Å². The first-order valence-corrected chi connectivity index (χ1v) is 11.5. The van der Waals surface area contributed by atoms with Gasteiger partial charge in [0.25, 0.3) is 0 Å². The van der Waals surface area contributed by atoms with Crippen LogP contribution in [0.2, 0.25) is 5.02 Å². The molecule has 0 radical (unpaired) electrons. The molecule has 0 fully saturated rings. The molecule has 29 heavy (non-hydrogen) atoms. The Bertz CT molecular complexity index is 962. The minimum Gasteiger partial charge on any atom is -0.449 e. The third kappa shape index (κ3) is 7.61. The van der Waals surface area contributed by atoms with E-state index >= 15 is 0 Å². The molecule has 0 atom stereocenters. The van der Waals surface area contributed by atoms with E-state index in [4.69, 9.17) is 22.1 Å². The van der Waals surface area contributed by atoms with Crippen molar-refractivity contribution in [1.82, 2.24) is 14.7 Å². The number of benzene rings is 1. The highest BCUT2D eigenvalue weighted by Crippen LogP contribution is 2.21. The number of ether oxygens (including phenoxy) is 1. The zero-order valence-electron chi connectivity index (χ0n) is 15.7. The summed E-state index contributed by atoms with van der Waals surface area (Å²) < 4.78 is 35.8. The molecule has 0 aliphatic carbocycles. The highest BCUT2D eigenvalue weighted by molar-refractivity contribution is 7.93. The Hall–Kier alpha value is -2.21. The van der Waals surface area contributed by atoms with Gasteiger partial charge < -0.3 is 15.8 Å². The molecule has 0 saturated heterocycles. The monoisotopic (exact) mass is 459 g/mol. The van der Waals surface area contributed by atoms with Crippen LogP contribution in [-0.2, 0) is 27.7 Å². The van der Waals surface area contributed by atoms with Gasteiger partial charge in [-0.25, -0.2) is 18.2 Å². The molecule has 0 bridgehead atoms. The fourth-order valence-electron chi connectivity index (χ4n) is 2.25. The predicted molar refractivity (Wildman–Crippen MR) is 114 cm³/mol. The van der Waals surface area contributed by atoms with Crippen molar-refractivity contribution in [3.63, 3.8) is 0 Å². The Labute approximate surface area is 178 Å². The lowest BCUT2D eigenvalue weighted by atomic mass is 10.1. The van der Waals surface area contributed by atoms with Gasteiger partial charge in [0.2, 0.25) is 15.2 Å². The van der Waals surface area contributed by atoms with Crippen LogP contribution in [0.15, 0.2) is 24.3 Å². The van der Waals surface area contributed by atoms with Crippen molar-refractivity contribution in [3.8, 4) is 0 Å². The van der Waals surface area contributed by atoms with Gasteiger partial charge in [-0.05, 0) is 24.1 Å². The minimum atomic E-state index is -3.65. The number of hydrogen-bond acceptors (Lipinski definition) is 8. The van der Waals surface area contributed by atoms with Crippen LogP contribution in [0.4, 0.5) is 9.93 Å². The Kier molecular flexibility index (Phi) is 8.83. The van der Waals surface area contributed by atoms with Crippen LogP contribution < -0.4 is 15.8 Å². The van der Waals surface area contributed by atoms with Crippen LogP contribution >= 0.6 is 23.1 Å². The molecule has 0 saturated carbocycles. The van der Waals surface area contributed by atoms with Crippen molar-refractivity contribution in [3.05, 3.63) is 46.2 Å². The van der Waals surface area contributed by atoms with Crippen LogP contribution in [0.5, 0.6) is 0 Å². The Morgan fingerprint density at radius 1 is 1.41 bits per heavy atom. The summed E-state index contributed by atoms with van der Waals surface area (Å²) in [6.45, 7) is 2.60. The number of halogens is 1. The van der Waals surface area contributed by atoms with Gasteiger partial charge in [-0.2, -0.15) is 4.37 Å². The molecule has 2 aromatic rings. The van der Waals surface area contributed by atoms with Gasteiger partial charge in [0, 0.05) is 36.1 Å². The van der Waals surface area contributed by atoms with Crippen LogP contribution in [-0.4, -0.2) is 42.8 Å². The summed E-state index contributed by atoms with van der Waals surface area (Å²) in [5.41, 5.74) is 7.20. The number of sulfonamides is 1. The molecule has 0 spiro atoms. The summed E-state index contributed by atoms with van der Waals surface area (Å²) in [6.07, 6.45) is 2.94. The molecule has 1 amide bonds. The second-order valence-electron chi connectivity index (χ2n) is 5.73. The largest absolute Gasteiger partial charge is 0.449 e. The average molecular weight is 460 g/mol. The fraction of sp³-hybridized carbons (Fsp3) is 0.353. The number of hydrogen-bond donors (Lipinski definition) is 3. The molecule has 0 aliphatic heterocycles.